The number of hydrogen-bond acceptors (Lipinski definition) is 4. The molecule has 1 amide bonds. The molecule has 4 rings (SSSR count). The molecule has 0 aliphatic carbocycles. The maximum atomic E-state index is 12.1. The van der Waals surface area contributed by atoms with Gasteiger partial charge in [0, 0.05) is 30.2 Å². The molecule has 0 saturated heterocycles. The molecule has 0 spiro atoms. The minimum Gasteiger partial charge on any atom is -0.354 e. The molecule has 4 aromatic rings. The Morgan fingerprint density at radius 3 is 2.92 bits per heavy atom. The second-order valence-corrected chi connectivity index (χ2v) is 7.52. The largest absolute Gasteiger partial charge is 0.354 e. The SMILES string of the molecule is O=C(Cc1csc(-c2cccs2)n1)NCCn1ccc2ccccc21. The first-order valence-electron chi connectivity index (χ1n) is 8.08. The van der Waals surface area contributed by atoms with E-state index in [0.29, 0.717) is 13.0 Å². The van der Waals surface area contributed by atoms with Crippen LogP contribution in [0.25, 0.3) is 20.8 Å². The highest BCUT2D eigenvalue weighted by Crippen LogP contribution is 2.27. The van der Waals surface area contributed by atoms with Gasteiger partial charge in [0.1, 0.15) is 5.01 Å². The summed E-state index contributed by atoms with van der Waals surface area (Å²) in [5, 5.41) is 9.19. The Hall–Kier alpha value is -2.44. The van der Waals surface area contributed by atoms with E-state index in [1.165, 1.54) is 10.9 Å². The molecule has 6 heteroatoms. The van der Waals surface area contributed by atoms with Crippen molar-refractivity contribution in [3.8, 4) is 9.88 Å². The summed E-state index contributed by atoms with van der Waals surface area (Å²) in [7, 11) is 0. The molecular formula is C19H17N3OS2. The molecule has 1 aromatic carbocycles. The zero-order chi connectivity index (χ0) is 17.1. The van der Waals surface area contributed by atoms with Crippen molar-refractivity contribution in [3.05, 3.63) is 65.1 Å². The molecule has 0 unspecified atom stereocenters. The van der Waals surface area contributed by atoms with Crippen molar-refractivity contribution in [2.45, 2.75) is 13.0 Å². The van der Waals surface area contributed by atoms with Gasteiger partial charge in [-0.05, 0) is 29.0 Å². The van der Waals surface area contributed by atoms with Gasteiger partial charge in [-0.1, -0.05) is 24.3 Å². The third-order valence-corrected chi connectivity index (χ3v) is 5.91. The molecule has 0 bridgehead atoms. The maximum Gasteiger partial charge on any atom is 0.226 e. The summed E-state index contributed by atoms with van der Waals surface area (Å²) in [5.41, 5.74) is 2.02. The van der Waals surface area contributed by atoms with Crippen LogP contribution < -0.4 is 5.32 Å². The van der Waals surface area contributed by atoms with Crippen LogP contribution in [-0.2, 0) is 17.8 Å². The van der Waals surface area contributed by atoms with Crippen molar-refractivity contribution in [1.29, 1.82) is 0 Å². The number of fused-ring (bicyclic) bond motifs is 1. The van der Waals surface area contributed by atoms with Gasteiger partial charge < -0.3 is 9.88 Å². The van der Waals surface area contributed by atoms with Gasteiger partial charge in [-0.2, -0.15) is 0 Å². The Balaban J connectivity index is 1.31. The molecule has 1 N–H and O–H groups in total. The van der Waals surface area contributed by atoms with E-state index in [2.05, 4.69) is 45.3 Å². The van der Waals surface area contributed by atoms with E-state index in [1.54, 1.807) is 22.7 Å². The van der Waals surface area contributed by atoms with Crippen LogP contribution in [0.5, 0.6) is 0 Å². The van der Waals surface area contributed by atoms with Crippen molar-refractivity contribution < 1.29 is 4.79 Å². The number of benzene rings is 1. The molecule has 3 aromatic heterocycles. The average Bonchev–Trinajstić information content (AvgIpc) is 3.35. The molecule has 0 atom stereocenters. The molecule has 0 fully saturated rings. The summed E-state index contributed by atoms with van der Waals surface area (Å²) < 4.78 is 2.16. The van der Waals surface area contributed by atoms with E-state index in [-0.39, 0.29) is 5.91 Å². The summed E-state index contributed by atoms with van der Waals surface area (Å²) in [6.07, 6.45) is 2.39. The monoisotopic (exact) mass is 367 g/mol. The smallest absolute Gasteiger partial charge is 0.226 e. The van der Waals surface area contributed by atoms with Crippen molar-refractivity contribution in [3.63, 3.8) is 0 Å². The molecule has 0 aliphatic heterocycles. The van der Waals surface area contributed by atoms with Crippen molar-refractivity contribution in [1.82, 2.24) is 14.9 Å². The summed E-state index contributed by atoms with van der Waals surface area (Å²) in [6.45, 7) is 1.37. The van der Waals surface area contributed by atoms with Crippen molar-refractivity contribution >= 4 is 39.5 Å². The van der Waals surface area contributed by atoms with Crippen LogP contribution in [0.3, 0.4) is 0 Å². The average molecular weight is 367 g/mol. The first kappa shape index (κ1) is 16.1. The second-order valence-electron chi connectivity index (χ2n) is 5.72. The molecule has 4 nitrogen and oxygen atoms in total. The highest BCUT2D eigenvalue weighted by Gasteiger charge is 2.09. The van der Waals surface area contributed by atoms with Gasteiger partial charge in [-0.3, -0.25) is 4.79 Å². The topological polar surface area (TPSA) is 46.9 Å². The van der Waals surface area contributed by atoms with Gasteiger partial charge >= 0.3 is 0 Å². The molecule has 25 heavy (non-hydrogen) atoms. The van der Waals surface area contributed by atoms with E-state index in [1.807, 2.05) is 29.0 Å². The number of carbonyl (C=O) groups excluding carboxylic acids is 1. The third kappa shape index (κ3) is 3.65. The normalized spacial score (nSPS) is 11.0. The first-order valence-corrected chi connectivity index (χ1v) is 9.84. The van der Waals surface area contributed by atoms with Gasteiger partial charge in [0.05, 0.1) is 17.0 Å². The number of amides is 1. The van der Waals surface area contributed by atoms with Crippen molar-refractivity contribution in [2.24, 2.45) is 0 Å². The van der Waals surface area contributed by atoms with E-state index in [9.17, 15) is 4.79 Å². The predicted molar refractivity (Wildman–Crippen MR) is 104 cm³/mol. The molecule has 0 saturated carbocycles. The summed E-state index contributed by atoms with van der Waals surface area (Å²) in [6, 6.07) is 14.4. The molecule has 126 valence electrons. The standard InChI is InChI=1S/C19H17N3OS2/c23-18(12-15-13-25-19(21-15)17-6-3-11-24-17)20-8-10-22-9-7-14-4-1-2-5-16(14)22/h1-7,9,11,13H,8,10,12H2,(H,20,23). The minimum absolute atomic E-state index is 0.0134. The summed E-state index contributed by atoms with van der Waals surface area (Å²) in [5.74, 6) is 0.0134. The lowest BCUT2D eigenvalue weighted by Crippen LogP contribution is -2.28. The Morgan fingerprint density at radius 1 is 1.12 bits per heavy atom. The maximum absolute atomic E-state index is 12.1. The number of carbonyl (C=O) groups is 1. The van der Waals surface area contributed by atoms with Crippen LogP contribution >= 0.6 is 22.7 Å². The molecular weight excluding hydrogens is 350 g/mol. The van der Waals surface area contributed by atoms with Crippen LogP contribution in [0.4, 0.5) is 0 Å². The number of thiophene rings is 1. The van der Waals surface area contributed by atoms with Gasteiger partial charge in [0.15, 0.2) is 0 Å². The Kier molecular flexibility index (Phi) is 4.63. The van der Waals surface area contributed by atoms with Gasteiger partial charge in [-0.15, -0.1) is 22.7 Å². The fraction of sp³-hybridized carbons (Fsp3) is 0.158. The van der Waals surface area contributed by atoms with Gasteiger partial charge in [-0.25, -0.2) is 4.98 Å². The van der Waals surface area contributed by atoms with Crippen LogP contribution in [0.1, 0.15) is 5.69 Å². The number of para-hydroxylation sites is 1. The number of aromatic nitrogens is 2. The molecule has 3 heterocycles. The predicted octanol–water partition coefficient (Wildman–Crippen LogP) is 4.19. The number of thiazole rings is 1. The summed E-state index contributed by atoms with van der Waals surface area (Å²) in [4.78, 5) is 17.9. The lowest BCUT2D eigenvalue weighted by atomic mass is 10.2. The number of nitrogens with one attached hydrogen (secondary N) is 1. The lowest BCUT2D eigenvalue weighted by molar-refractivity contribution is -0.120. The van der Waals surface area contributed by atoms with Crippen LogP contribution in [0.15, 0.2) is 59.4 Å². The second kappa shape index (κ2) is 7.21. The van der Waals surface area contributed by atoms with Crippen molar-refractivity contribution in [2.75, 3.05) is 6.54 Å². The Morgan fingerprint density at radius 2 is 2.04 bits per heavy atom. The highest BCUT2D eigenvalue weighted by molar-refractivity contribution is 7.20. The summed E-state index contributed by atoms with van der Waals surface area (Å²) >= 11 is 3.25. The third-order valence-electron chi connectivity index (χ3n) is 3.98. The van der Waals surface area contributed by atoms with E-state index in [4.69, 9.17) is 0 Å². The van der Waals surface area contributed by atoms with Crippen LogP contribution in [-0.4, -0.2) is 22.0 Å². The first-order chi connectivity index (χ1) is 12.3. The quantitative estimate of drug-likeness (QED) is 0.556. The van der Waals surface area contributed by atoms with E-state index in [0.717, 1.165) is 22.1 Å². The number of rotatable bonds is 6. The molecule has 0 aliphatic rings. The number of hydrogen-bond donors (Lipinski definition) is 1. The van der Waals surface area contributed by atoms with Gasteiger partial charge in [0.25, 0.3) is 0 Å². The molecule has 0 radical (unpaired) electrons. The Bertz CT molecular complexity index is 985. The van der Waals surface area contributed by atoms with E-state index < -0.39 is 0 Å². The zero-order valence-electron chi connectivity index (χ0n) is 13.5. The van der Waals surface area contributed by atoms with E-state index >= 15 is 0 Å². The highest BCUT2D eigenvalue weighted by atomic mass is 32.1. The van der Waals surface area contributed by atoms with Crippen LogP contribution in [0, 0.1) is 0 Å². The minimum atomic E-state index is 0.0134. The fourth-order valence-corrected chi connectivity index (χ4v) is 4.41. The fourth-order valence-electron chi connectivity index (χ4n) is 2.78. The Labute approximate surface area is 153 Å². The van der Waals surface area contributed by atoms with Gasteiger partial charge in [0.2, 0.25) is 5.91 Å². The van der Waals surface area contributed by atoms with Crippen LogP contribution in [0.2, 0.25) is 0 Å². The zero-order valence-corrected chi connectivity index (χ0v) is 15.1. The lowest BCUT2D eigenvalue weighted by Gasteiger charge is -2.07. The number of nitrogens with zero attached hydrogens (tertiary/aromatic N) is 2.